The van der Waals surface area contributed by atoms with E-state index in [0.717, 1.165) is 25.0 Å². The summed E-state index contributed by atoms with van der Waals surface area (Å²) in [6.45, 7) is 2.65. The smallest absolute Gasteiger partial charge is 0.340 e. The summed E-state index contributed by atoms with van der Waals surface area (Å²) in [6, 6.07) is 1.01. The number of ether oxygens (including phenoxy) is 1. The molecule has 0 bridgehead atoms. The van der Waals surface area contributed by atoms with Crippen molar-refractivity contribution in [3.05, 3.63) is 27.7 Å². The average molecular weight is 452 g/mol. The Hall–Kier alpha value is -1.88. The molecule has 2 rings (SSSR count). The first kappa shape index (κ1) is 22.4. The van der Waals surface area contributed by atoms with Gasteiger partial charge in [-0.15, -0.1) is 0 Å². The second kappa shape index (κ2) is 9.08. The van der Waals surface area contributed by atoms with Crippen molar-refractivity contribution in [1.82, 2.24) is 15.4 Å². The van der Waals surface area contributed by atoms with Crippen molar-refractivity contribution in [3.8, 4) is 0 Å². The maximum Gasteiger partial charge on any atom is 0.340 e. The molecule has 1 aromatic rings. The zero-order chi connectivity index (χ0) is 21.1. The highest BCUT2D eigenvalue weighted by Gasteiger charge is 2.30. The minimum Gasteiger partial charge on any atom is -0.452 e. The molecule has 9 nitrogen and oxygen atoms in total. The summed E-state index contributed by atoms with van der Waals surface area (Å²) >= 11 is 11.9. The van der Waals surface area contributed by atoms with E-state index in [0.29, 0.717) is 0 Å². The number of hydrogen-bond acceptors (Lipinski definition) is 6. The molecule has 1 aliphatic rings. The molecule has 0 heterocycles. The second-order valence-electron chi connectivity index (χ2n) is 6.41. The summed E-state index contributed by atoms with van der Waals surface area (Å²) in [5, 5.41) is 4.12. The lowest BCUT2D eigenvalue weighted by Crippen LogP contribution is -2.44. The molecule has 154 valence electrons. The van der Waals surface area contributed by atoms with E-state index in [4.69, 9.17) is 27.9 Å². The van der Waals surface area contributed by atoms with Crippen molar-refractivity contribution in [3.63, 3.8) is 0 Å². The fraction of sp³-hybridized carbons (Fsp3) is 0.438. The molecular formula is C16H19Cl2N3O6S. The van der Waals surface area contributed by atoms with Gasteiger partial charge in [0.05, 0.1) is 15.6 Å². The van der Waals surface area contributed by atoms with E-state index in [2.05, 4.69) is 10.0 Å². The lowest BCUT2D eigenvalue weighted by atomic mass is 10.2. The van der Waals surface area contributed by atoms with E-state index in [9.17, 15) is 22.8 Å². The van der Waals surface area contributed by atoms with Crippen LogP contribution in [-0.2, 0) is 19.6 Å². The molecule has 28 heavy (non-hydrogen) atoms. The van der Waals surface area contributed by atoms with Gasteiger partial charge in [0.2, 0.25) is 10.0 Å². The number of esters is 1. The highest BCUT2D eigenvalue weighted by Crippen LogP contribution is 2.31. The Labute approximate surface area is 172 Å². The Kier molecular flexibility index (Phi) is 7.27. The monoisotopic (exact) mass is 451 g/mol. The number of nitrogens with one attached hydrogen (secondary N) is 3. The van der Waals surface area contributed by atoms with Crippen LogP contribution in [0.25, 0.3) is 0 Å². The van der Waals surface area contributed by atoms with Crippen LogP contribution in [0.3, 0.4) is 0 Å². The molecule has 1 saturated carbocycles. The molecule has 1 aromatic carbocycles. The van der Waals surface area contributed by atoms with Crippen LogP contribution in [0.2, 0.25) is 10.0 Å². The summed E-state index contributed by atoms with van der Waals surface area (Å²) in [4.78, 5) is 35.0. The van der Waals surface area contributed by atoms with Gasteiger partial charge in [0.25, 0.3) is 5.91 Å². The van der Waals surface area contributed by atoms with Crippen LogP contribution in [0.15, 0.2) is 17.0 Å². The minimum absolute atomic E-state index is 0.140. The molecule has 3 N–H and O–H groups in total. The van der Waals surface area contributed by atoms with E-state index in [1.807, 2.05) is 5.32 Å². The van der Waals surface area contributed by atoms with Crippen molar-refractivity contribution in [1.29, 1.82) is 0 Å². The molecule has 0 saturated heterocycles. The van der Waals surface area contributed by atoms with E-state index in [1.165, 1.54) is 0 Å². The van der Waals surface area contributed by atoms with Crippen molar-refractivity contribution >= 4 is 51.1 Å². The average Bonchev–Trinajstić information content (AvgIpc) is 3.34. The van der Waals surface area contributed by atoms with Crippen LogP contribution in [0.4, 0.5) is 4.79 Å². The summed E-state index contributed by atoms with van der Waals surface area (Å²) in [5.74, 6) is -1.90. The van der Waals surface area contributed by atoms with Crippen LogP contribution in [0.1, 0.15) is 37.0 Å². The van der Waals surface area contributed by atoms with Crippen LogP contribution >= 0.6 is 23.2 Å². The Morgan fingerprint density at radius 3 is 2.39 bits per heavy atom. The third kappa shape index (κ3) is 6.33. The highest BCUT2D eigenvalue weighted by molar-refractivity contribution is 7.89. The predicted molar refractivity (Wildman–Crippen MR) is 102 cm³/mol. The van der Waals surface area contributed by atoms with Gasteiger partial charge in [-0.1, -0.05) is 23.2 Å². The van der Waals surface area contributed by atoms with Crippen molar-refractivity contribution in [2.45, 2.75) is 43.7 Å². The molecule has 0 atom stereocenters. The molecule has 1 aliphatic carbocycles. The number of imide groups is 1. The van der Waals surface area contributed by atoms with Gasteiger partial charge in [-0.3, -0.25) is 10.1 Å². The molecule has 0 aliphatic heterocycles. The van der Waals surface area contributed by atoms with Gasteiger partial charge in [0.1, 0.15) is 4.90 Å². The van der Waals surface area contributed by atoms with Gasteiger partial charge in [-0.2, -0.15) is 0 Å². The number of carbonyl (C=O) groups excluding carboxylic acids is 3. The molecule has 12 heteroatoms. The third-order valence-corrected chi connectivity index (χ3v) is 5.74. The third-order valence-electron chi connectivity index (χ3n) is 3.44. The quantitative estimate of drug-likeness (QED) is 0.541. The number of amides is 3. The summed E-state index contributed by atoms with van der Waals surface area (Å²) in [6.07, 6.45) is 1.44. The Bertz CT molecular complexity index is 900. The summed E-state index contributed by atoms with van der Waals surface area (Å²) < 4.78 is 32.0. The minimum atomic E-state index is -3.94. The van der Waals surface area contributed by atoms with Crippen molar-refractivity contribution in [2.24, 2.45) is 0 Å². The van der Waals surface area contributed by atoms with Crippen LogP contribution < -0.4 is 15.4 Å². The van der Waals surface area contributed by atoms with Gasteiger partial charge in [-0.05, 0) is 38.8 Å². The van der Waals surface area contributed by atoms with Gasteiger partial charge in [0.15, 0.2) is 6.61 Å². The first-order chi connectivity index (χ1) is 13.0. The number of carbonyl (C=O) groups is 3. The predicted octanol–water partition coefficient (Wildman–Crippen LogP) is 1.83. The Balaban J connectivity index is 2.07. The van der Waals surface area contributed by atoms with Crippen LogP contribution in [0.5, 0.6) is 0 Å². The molecule has 0 radical (unpaired) electrons. The van der Waals surface area contributed by atoms with Crippen molar-refractivity contribution in [2.75, 3.05) is 6.61 Å². The highest BCUT2D eigenvalue weighted by atomic mass is 35.5. The zero-order valence-electron chi connectivity index (χ0n) is 15.0. The second-order valence-corrected chi connectivity index (χ2v) is 8.91. The molecule has 0 aromatic heterocycles. The maximum absolute atomic E-state index is 12.4. The number of rotatable bonds is 7. The SMILES string of the molecule is CC(C)NC(=O)NC(=O)COC(=O)c1cc(S(=O)(=O)NC2CC2)c(Cl)cc1Cl. The van der Waals surface area contributed by atoms with Gasteiger partial charge >= 0.3 is 12.0 Å². The standard InChI is InChI=1S/C16H19Cl2N3O6S/c1-8(2)19-16(24)20-14(22)7-27-15(23)10-5-13(12(18)6-11(10)17)28(25,26)21-9-3-4-9/h5-6,8-9,21H,3-4,7H2,1-2H3,(H2,19,20,22,24). The fourth-order valence-electron chi connectivity index (χ4n) is 2.05. The van der Waals surface area contributed by atoms with E-state index < -0.39 is 34.5 Å². The topological polar surface area (TPSA) is 131 Å². The number of sulfonamides is 1. The van der Waals surface area contributed by atoms with E-state index in [1.54, 1.807) is 13.8 Å². The fourth-order valence-corrected chi connectivity index (χ4v) is 4.20. The van der Waals surface area contributed by atoms with Crippen molar-refractivity contribution < 1.29 is 27.5 Å². The number of halogens is 2. The summed E-state index contributed by atoms with van der Waals surface area (Å²) in [5.41, 5.74) is -0.276. The molecule has 0 unspecified atom stereocenters. The number of benzene rings is 1. The Morgan fingerprint density at radius 2 is 1.82 bits per heavy atom. The Morgan fingerprint density at radius 1 is 1.18 bits per heavy atom. The van der Waals surface area contributed by atoms with Crippen LogP contribution in [-0.4, -0.2) is 45.0 Å². The number of hydrogen-bond donors (Lipinski definition) is 3. The first-order valence-corrected chi connectivity index (χ1v) is 10.5. The largest absolute Gasteiger partial charge is 0.452 e. The summed E-state index contributed by atoms with van der Waals surface area (Å²) in [7, 11) is -3.94. The molecular weight excluding hydrogens is 433 g/mol. The van der Waals surface area contributed by atoms with Gasteiger partial charge in [-0.25, -0.2) is 22.7 Å². The number of urea groups is 1. The lowest BCUT2D eigenvalue weighted by Gasteiger charge is -2.12. The van der Waals surface area contributed by atoms with E-state index >= 15 is 0 Å². The van der Waals surface area contributed by atoms with E-state index in [-0.39, 0.29) is 32.6 Å². The first-order valence-electron chi connectivity index (χ1n) is 8.28. The molecule has 1 fully saturated rings. The zero-order valence-corrected chi connectivity index (χ0v) is 17.4. The maximum atomic E-state index is 12.4. The normalized spacial score (nSPS) is 13.9. The van der Waals surface area contributed by atoms with Gasteiger partial charge in [0, 0.05) is 12.1 Å². The van der Waals surface area contributed by atoms with Gasteiger partial charge < -0.3 is 10.1 Å². The lowest BCUT2D eigenvalue weighted by molar-refractivity contribution is -0.123. The van der Waals surface area contributed by atoms with Crippen LogP contribution in [0, 0.1) is 0 Å². The molecule has 0 spiro atoms. The molecule has 3 amide bonds.